The molecule has 0 aliphatic heterocycles. The fourth-order valence-corrected chi connectivity index (χ4v) is 7.50. The number of aromatic hydroxyl groups is 1. The number of hydrogen-bond acceptors (Lipinski definition) is 12. The van der Waals surface area contributed by atoms with E-state index in [0.717, 1.165) is 18.2 Å². The van der Waals surface area contributed by atoms with Crippen LogP contribution in [0.5, 0.6) is 5.75 Å². The van der Waals surface area contributed by atoms with E-state index in [0.29, 0.717) is 22.0 Å². The van der Waals surface area contributed by atoms with Crippen LogP contribution in [0.25, 0.3) is 21.5 Å². The molecule has 0 fully saturated rings. The molecule has 0 atom stereocenters. The number of amides is 2. The van der Waals surface area contributed by atoms with Crippen molar-refractivity contribution in [2.45, 2.75) is 28.5 Å². The first-order chi connectivity index (χ1) is 25.8. The molecule has 55 heavy (non-hydrogen) atoms. The maximum atomic E-state index is 13.0. The van der Waals surface area contributed by atoms with Gasteiger partial charge in [0.15, 0.2) is 5.75 Å². The van der Waals surface area contributed by atoms with Crippen LogP contribution in [0.2, 0.25) is 0 Å². The maximum absolute atomic E-state index is 13.0. The van der Waals surface area contributed by atoms with Crippen LogP contribution < -0.4 is 10.6 Å². The van der Waals surface area contributed by atoms with Crippen molar-refractivity contribution in [3.63, 3.8) is 0 Å². The Balaban J connectivity index is 1.27. The van der Waals surface area contributed by atoms with Gasteiger partial charge in [0.05, 0.1) is 16.3 Å². The number of anilines is 2. The first-order valence-corrected chi connectivity index (χ1v) is 20.0. The number of urea groups is 1. The standard InChI is InChI=1S/C35H28N6O11S3/c1-19-14-26(53(44,45)46)10-13-29(19)39-41-33-31(55(50,51)52)18-22-16-25(9-12-28(22)34(33)42)37-35(43)36-24-8-11-27-20(2)32(40-38-23-6-4-3-5-7-23)30(54(47,48)49)17-21(27)15-24/h3-18,42H,1-2H3,(H2,36,37,43)(H,44,45,46)(H,47,48,49)(H,50,51,52). The second kappa shape index (κ2) is 14.6. The number of benzene rings is 6. The first-order valence-electron chi connectivity index (χ1n) is 15.7. The summed E-state index contributed by atoms with van der Waals surface area (Å²) in [4.78, 5) is 11.3. The molecule has 17 nitrogen and oxygen atoms in total. The Hall–Kier alpha value is -6.16. The smallest absolute Gasteiger partial charge is 0.323 e. The Labute approximate surface area is 313 Å². The lowest BCUT2D eigenvalue weighted by Crippen LogP contribution is -2.19. The zero-order valence-electron chi connectivity index (χ0n) is 28.4. The van der Waals surface area contributed by atoms with Gasteiger partial charge in [0, 0.05) is 16.8 Å². The molecular weight excluding hydrogens is 777 g/mol. The van der Waals surface area contributed by atoms with Crippen molar-refractivity contribution in [3.8, 4) is 5.75 Å². The lowest BCUT2D eigenvalue weighted by molar-refractivity contribution is 0.262. The molecule has 0 aliphatic carbocycles. The number of carbonyl (C=O) groups is 1. The van der Waals surface area contributed by atoms with Gasteiger partial charge in [-0.05, 0) is 114 Å². The molecule has 0 aliphatic rings. The van der Waals surface area contributed by atoms with Crippen molar-refractivity contribution in [1.29, 1.82) is 0 Å². The van der Waals surface area contributed by atoms with Gasteiger partial charge in [-0.1, -0.05) is 24.3 Å². The predicted molar refractivity (Wildman–Crippen MR) is 202 cm³/mol. The summed E-state index contributed by atoms with van der Waals surface area (Å²) in [7, 11) is -14.3. The van der Waals surface area contributed by atoms with Crippen molar-refractivity contribution in [1.82, 2.24) is 0 Å². The minimum Gasteiger partial charge on any atom is -0.505 e. The highest BCUT2D eigenvalue weighted by molar-refractivity contribution is 7.86. The summed E-state index contributed by atoms with van der Waals surface area (Å²) in [6, 6.07) is 22.1. The van der Waals surface area contributed by atoms with Gasteiger partial charge in [-0.25, -0.2) is 4.79 Å². The average Bonchev–Trinajstić information content (AvgIpc) is 3.10. The number of phenols is 1. The molecule has 0 saturated heterocycles. The van der Waals surface area contributed by atoms with Gasteiger partial charge in [-0.3, -0.25) is 13.7 Å². The Morgan fingerprint density at radius 1 is 0.582 bits per heavy atom. The summed E-state index contributed by atoms with van der Waals surface area (Å²) in [5.74, 6) is -0.683. The third-order valence-corrected chi connectivity index (χ3v) is 10.8. The Kier molecular flexibility index (Phi) is 10.2. The molecule has 20 heteroatoms. The molecular formula is C35H28N6O11S3. The van der Waals surface area contributed by atoms with E-state index in [-0.39, 0.29) is 39.1 Å². The first kappa shape index (κ1) is 38.6. The van der Waals surface area contributed by atoms with E-state index in [1.165, 1.54) is 43.3 Å². The number of aryl methyl sites for hydroxylation is 2. The zero-order valence-corrected chi connectivity index (χ0v) is 30.8. The molecule has 6 aromatic rings. The van der Waals surface area contributed by atoms with Gasteiger partial charge in [-0.15, -0.1) is 10.2 Å². The summed E-state index contributed by atoms with van der Waals surface area (Å²) in [5, 5.41) is 33.2. The summed E-state index contributed by atoms with van der Waals surface area (Å²) in [5.41, 5.74) is 0.843. The normalized spacial score (nSPS) is 12.5. The van der Waals surface area contributed by atoms with E-state index in [4.69, 9.17) is 0 Å². The number of hydrogen-bond donors (Lipinski definition) is 6. The van der Waals surface area contributed by atoms with Crippen molar-refractivity contribution in [2.75, 3.05) is 10.6 Å². The summed E-state index contributed by atoms with van der Waals surface area (Å²) in [6.45, 7) is 3.07. The number of nitrogens with one attached hydrogen (secondary N) is 2. The fraction of sp³-hybridized carbons (Fsp3) is 0.0571. The molecule has 0 aromatic heterocycles. The highest BCUT2D eigenvalue weighted by Gasteiger charge is 2.23. The van der Waals surface area contributed by atoms with E-state index in [9.17, 15) is 48.8 Å². The SMILES string of the molecule is Cc1cc(S(=O)(=O)O)ccc1N=Nc1c(S(=O)(=O)O)cc2cc(NC(=O)Nc3ccc4c(C)c(N=Nc5ccccc5)c(S(=O)(=O)O)cc4c3)ccc2c1O. The monoisotopic (exact) mass is 804 g/mol. The largest absolute Gasteiger partial charge is 0.505 e. The second-order valence-electron chi connectivity index (χ2n) is 12.0. The van der Waals surface area contributed by atoms with Gasteiger partial charge in [0.2, 0.25) is 0 Å². The molecule has 0 spiro atoms. The minimum atomic E-state index is -5.01. The van der Waals surface area contributed by atoms with Gasteiger partial charge in [0.25, 0.3) is 30.4 Å². The summed E-state index contributed by atoms with van der Waals surface area (Å²) in [6.07, 6.45) is 0. The lowest BCUT2D eigenvalue weighted by Gasteiger charge is -2.13. The lowest BCUT2D eigenvalue weighted by atomic mass is 10.0. The summed E-state index contributed by atoms with van der Waals surface area (Å²) < 4.78 is 102. The zero-order chi connectivity index (χ0) is 39.9. The molecule has 282 valence electrons. The number of phenolic OH excluding ortho intramolecular Hbond substituents is 1. The Morgan fingerprint density at radius 2 is 1.13 bits per heavy atom. The van der Waals surface area contributed by atoms with E-state index in [1.54, 1.807) is 49.4 Å². The van der Waals surface area contributed by atoms with Crippen molar-refractivity contribution in [2.24, 2.45) is 20.5 Å². The molecule has 6 aromatic carbocycles. The third kappa shape index (κ3) is 8.49. The van der Waals surface area contributed by atoms with Gasteiger partial charge < -0.3 is 15.7 Å². The molecule has 0 saturated carbocycles. The van der Waals surface area contributed by atoms with Crippen LogP contribution in [0, 0.1) is 13.8 Å². The summed E-state index contributed by atoms with van der Waals surface area (Å²) >= 11 is 0. The number of azo groups is 2. The average molecular weight is 805 g/mol. The third-order valence-electron chi connectivity index (χ3n) is 8.20. The molecule has 0 unspecified atom stereocenters. The molecule has 0 bridgehead atoms. The van der Waals surface area contributed by atoms with E-state index in [1.807, 2.05) is 0 Å². The van der Waals surface area contributed by atoms with Crippen LogP contribution in [0.4, 0.5) is 38.9 Å². The van der Waals surface area contributed by atoms with Crippen molar-refractivity contribution < 1.29 is 48.8 Å². The van der Waals surface area contributed by atoms with Crippen LogP contribution in [-0.2, 0) is 30.4 Å². The maximum Gasteiger partial charge on any atom is 0.323 e. The molecule has 6 rings (SSSR count). The van der Waals surface area contributed by atoms with Crippen molar-refractivity contribution in [3.05, 3.63) is 108 Å². The number of fused-ring (bicyclic) bond motifs is 2. The minimum absolute atomic E-state index is 0.0600. The molecule has 0 radical (unpaired) electrons. The number of carbonyl (C=O) groups excluding carboxylic acids is 1. The molecule has 0 heterocycles. The highest BCUT2D eigenvalue weighted by atomic mass is 32.2. The topological polar surface area (TPSA) is 274 Å². The van der Waals surface area contributed by atoms with E-state index >= 15 is 0 Å². The molecule has 6 N–H and O–H groups in total. The van der Waals surface area contributed by atoms with Crippen LogP contribution in [0.15, 0.2) is 132 Å². The quantitative estimate of drug-likeness (QED) is 0.0595. The van der Waals surface area contributed by atoms with Crippen LogP contribution in [0.3, 0.4) is 0 Å². The van der Waals surface area contributed by atoms with Crippen LogP contribution >= 0.6 is 0 Å². The number of nitrogens with zero attached hydrogens (tertiary/aromatic N) is 4. The Bertz CT molecular complexity index is 2960. The highest BCUT2D eigenvalue weighted by Crippen LogP contribution is 2.42. The van der Waals surface area contributed by atoms with Crippen LogP contribution in [0.1, 0.15) is 11.1 Å². The van der Waals surface area contributed by atoms with E-state index in [2.05, 4.69) is 31.1 Å². The van der Waals surface area contributed by atoms with Crippen LogP contribution in [-0.4, -0.2) is 50.0 Å². The van der Waals surface area contributed by atoms with Crippen molar-refractivity contribution >= 4 is 92.1 Å². The van der Waals surface area contributed by atoms with E-state index < -0.39 is 62.5 Å². The fourth-order valence-electron chi connectivity index (χ4n) is 5.57. The number of rotatable bonds is 9. The molecule has 2 amide bonds. The van der Waals surface area contributed by atoms with Gasteiger partial charge in [0.1, 0.15) is 21.2 Å². The van der Waals surface area contributed by atoms with Gasteiger partial charge >= 0.3 is 6.03 Å². The second-order valence-corrected chi connectivity index (χ2v) is 16.2. The predicted octanol–water partition coefficient (Wildman–Crippen LogP) is 8.53. The Morgan fingerprint density at radius 3 is 1.69 bits per heavy atom. The van der Waals surface area contributed by atoms with Gasteiger partial charge in [-0.2, -0.15) is 35.5 Å².